The molecule has 0 heterocycles. The number of nitrogens with zero attached hydrogens (tertiary/aromatic N) is 2. The first-order chi connectivity index (χ1) is 9.00. The summed E-state index contributed by atoms with van der Waals surface area (Å²) >= 11 is 5.81. The molecular formula is C12H6ClN2O4. The minimum Gasteiger partial charge on any atom is -0.258 e. The molecule has 2 aromatic rings. The molecule has 0 aliphatic carbocycles. The minimum atomic E-state index is -0.705. The first-order valence-electron chi connectivity index (χ1n) is 5.10. The number of rotatable bonds is 3. The van der Waals surface area contributed by atoms with Crippen molar-refractivity contribution in [1.82, 2.24) is 0 Å². The lowest BCUT2D eigenvalue weighted by molar-refractivity contribution is -0.392. The molecule has 0 aliphatic rings. The summed E-state index contributed by atoms with van der Waals surface area (Å²) in [5.74, 6) is 0. The van der Waals surface area contributed by atoms with Gasteiger partial charge in [-0.25, -0.2) is 0 Å². The first-order valence-corrected chi connectivity index (χ1v) is 5.48. The van der Waals surface area contributed by atoms with Crippen molar-refractivity contribution in [2.75, 3.05) is 0 Å². The molecule has 6 nitrogen and oxygen atoms in total. The van der Waals surface area contributed by atoms with Crippen molar-refractivity contribution in [2.45, 2.75) is 0 Å². The lowest BCUT2D eigenvalue weighted by Crippen LogP contribution is -1.97. The molecule has 0 fully saturated rings. The number of hydrogen-bond donors (Lipinski definition) is 0. The second-order valence-corrected chi connectivity index (χ2v) is 4.05. The maximum Gasteiger partial charge on any atom is 0.292 e. The van der Waals surface area contributed by atoms with Crippen molar-refractivity contribution < 1.29 is 9.85 Å². The number of nitro groups is 2. The molecule has 95 valence electrons. The van der Waals surface area contributed by atoms with Gasteiger partial charge in [-0.15, -0.1) is 0 Å². The summed E-state index contributed by atoms with van der Waals surface area (Å²) in [5.41, 5.74) is -0.591. The highest BCUT2D eigenvalue weighted by Gasteiger charge is 2.26. The van der Waals surface area contributed by atoms with E-state index in [1.165, 1.54) is 18.2 Å². The Morgan fingerprint density at radius 3 is 2.42 bits per heavy atom. The fraction of sp³-hybridized carbons (Fsp3) is 0. The molecule has 0 aliphatic heterocycles. The Kier molecular flexibility index (Phi) is 3.43. The third kappa shape index (κ3) is 2.53. The van der Waals surface area contributed by atoms with Crippen LogP contribution >= 0.6 is 11.6 Å². The Hall–Kier alpha value is -2.47. The number of nitro benzene ring substituents is 2. The Morgan fingerprint density at radius 1 is 1.11 bits per heavy atom. The van der Waals surface area contributed by atoms with Gasteiger partial charge in [0.2, 0.25) is 0 Å². The quantitative estimate of drug-likeness (QED) is 0.633. The fourth-order valence-electron chi connectivity index (χ4n) is 1.70. The molecule has 0 saturated carbocycles. The van der Waals surface area contributed by atoms with E-state index in [-0.39, 0.29) is 11.3 Å². The third-order valence-corrected chi connectivity index (χ3v) is 2.68. The monoisotopic (exact) mass is 277 g/mol. The molecule has 2 rings (SSSR count). The number of hydrogen-bond acceptors (Lipinski definition) is 4. The smallest absolute Gasteiger partial charge is 0.258 e. The summed E-state index contributed by atoms with van der Waals surface area (Å²) in [6, 6.07) is 10.8. The maximum atomic E-state index is 11.0. The van der Waals surface area contributed by atoms with Crippen LogP contribution < -0.4 is 0 Å². The van der Waals surface area contributed by atoms with Crippen LogP contribution in [0.2, 0.25) is 5.02 Å². The van der Waals surface area contributed by atoms with Gasteiger partial charge < -0.3 is 0 Å². The summed E-state index contributed by atoms with van der Waals surface area (Å²) in [6.07, 6.45) is 0. The lowest BCUT2D eigenvalue weighted by Gasteiger charge is -2.04. The zero-order valence-corrected chi connectivity index (χ0v) is 10.1. The van der Waals surface area contributed by atoms with Crippen molar-refractivity contribution in [2.24, 2.45) is 0 Å². The standard InChI is InChI=1S/C12H6ClN2O4/c13-9-4-1-3-8(7-9)12-10(14(16)17)5-2-6-11(12)15(18)19/h1-5,7H. The lowest BCUT2D eigenvalue weighted by atomic mass is 10.0. The van der Waals surface area contributed by atoms with Crippen molar-refractivity contribution >= 4 is 23.0 Å². The van der Waals surface area contributed by atoms with Crippen molar-refractivity contribution in [3.63, 3.8) is 0 Å². The van der Waals surface area contributed by atoms with Crippen LogP contribution in [0.4, 0.5) is 11.4 Å². The summed E-state index contributed by atoms with van der Waals surface area (Å²) in [7, 11) is 0. The summed E-state index contributed by atoms with van der Waals surface area (Å²) in [6.45, 7) is 0. The average molecular weight is 278 g/mol. The summed E-state index contributed by atoms with van der Waals surface area (Å²) in [5, 5.41) is 22.3. The van der Waals surface area contributed by atoms with Crippen LogP contribution in [0.1, 0.15) is 0 Å². The molecule has 0 bridgehead atoms. The number of benzene rings is 2. The van der Waals surface area contributed by atoms with E-state index in [0.29, 0.717) is 10.6 Å². The Labute approximate surface area is 112 Å². The van der Waals surface area contributed by atoms with Gasteiger partial charge in [0, 0.05) is 11.1 Å². The predicted octanol–water partition coefficient (Wildman–Crippen LogP) is 3.62. The van der Waals surface area contributed by atoms with E-state index < -0.39 is 15.5 Å². The predicted molar refractivity (Wildman–Crippen MR) is 69.0 cm³/mol. The summed E-state index contributed by atoms with van der Waals surface area (Å²) < 4.78 is 0. The zero-order valence-electron chi connectivity index (χ0n) is 9.37. The molecule has 0 N–H and O–H groups in total. The van der Waals surface area contributed by atoms with E-state index in [0.717, 1.165) is 6.07 Å². The van der Waals surface area contributed by atoms with E-state index >= 15 is 0 Å². The van der Waals surface area contributed by atoms with Gasteiger partial charge in [0.05, 0.1) is 15.9 Å². The van der Waals surface area contributed by atoms with Gasteiger partial charge in [-0.3, -0.25) is 20.2 Å². The van der Waals surface area contributed by atoms with E-state index in [4.69, 9.17) is 11.6 Å². The SMILES string of the molecule is O=[N+]([O-])c1[c]ccc([N+](=O)[O-])c1-c1cccc(Cl)c1. The third-order valence-electron chi connectivity index (χ3n) is 2.45. The average Bonchev–Trinajstić information content (AvgIpc) is 2.37. The molecule has 0 spiro atoms. The van der Waals surface area contributed by atoms with Gasteiger partial charge in [-0.1, -0.05) is 23.7 Å². The molecule has 7 heteroatoms. The van der Waals surface area contributed by atoms with E-state index in [1.807, 2.05) is 0 Å². The molecule has 0 amide bonds. The second-order valence-electron chi connectivity index (χ2n) is 3.61. The molecule has 0 saturated heterocycles. The Bertz CT molecular complexity index is 640. The fourth-order valence-corrected chi connectivity index (χ4v) is 1.89. The van der Waals surface area contributed by atoms with Crippen LogP contribution in [0.3, 0.4) is 0 Å². The largest absolute Gasteiger partial charge is 0.292 e. The van der Waals surface area contributed by atoms with Crippen molar-refractivity contribution in [1.29, 1.82) is 0 Å². The maximum absolute atomic E-state index is 11.0. The van der Waals surface area contributed by atoms with Gasteiger partial charge >= 0.3 is 0 Å². The molecule has 0 atom stereocenters. The zero-order chi connectivity index (χ0) is 14.0. The summed E-state index contributed by atoms with van der Waals surface area (Å²) in [4.78, 5) is 20.6. The van der Waals surface area contributed by atoms with Crippen LogP contribution in [0.5, 0.6) is 0 Å². The first kappa shape index (κ1) is 13.0. The highest BCUT2D eigenvalue weighted by molar-refractivity contribution is 6.30. The highest BCUT2D eigenvalue weighted by Crippen LogP contribution is 2.38. The van der Waals surface area contributed by atoms with Crippen molar-refractivity contribution in [3.8, 4) is 11.1 Å². The van der Waals surface area contributed by atoms with Crippen LogP contribution in [0.25, 0.3) is 11.1 Å². The van der Waals surface area contributed by atoms with Crippen LogP contribution in [0, 0.1) is 26.3 Å². The highest BCUT2D eigenvalue weighted by atomic mass is 35.5. The molecule has 2 aromatic carbocycles. The molecular weight excluding hydrogens is 272 g/mol. The van der Waals surface area contributed by atoms with Gasteiger partial charge in [0.1, 0.15) is 5.56 Å². The normalized spacial score (nSPS) is 10.2. The van der Waals surface area contributed by atoms with Crippen LogP contribution in [-0.4, -0.2) is 9.85 Å². The molecule has 19 heavy (non-hydrogen) atoms. The van der Waals surface area contributed by atoms with E-state index in [2.05, 4.69) is 6.07 Å². The van der Waals surface area contributed by atoms with Gasteiger partial charge in [0.15, 0.2) is 0 Å². The van der Waals surface area contributed by atoms with Crippen molar-refractivity contribution in [3.05, 3.63) is 67.7 Å². The molecule has 1 radical (unpaired) electrons. The molecule has 0 unspecified atom stereocenters. The Morgan fingerprint density at radius 2 is 1.84 bits per heavy atom. The second kappa shape index (κ2) is 5.03. The number of halogens is 1. The minimum absolute atomic E-state index is 0.0972. The van der Waals surface area contributed by atoms with Crippen LogP contribution in [0.15, 0.2) is 36.4 Å². The van der Waals surface area contributed by atoms with Gasteiger partial charge in [-0.05, 0) is 23.8 Å². The Balaban J connectivity index is 2.79. The van der Waals surface area contributed by atoms with E-state index in [1.54, 1.807) is 12.1 Å². The van der Waals surface area contributed by atoms with Gasteiger partial charge in [0.25, 0.3) is 11.4 Å². The topological polar surface area (TPSA) is 86.3 Å². The molecule has 0 aromatic heterocycles. The van der Waals surface area contributed by atoms with Crippen LogP contribution in [-0.2, 0) is 0 Å². The van der Waals surface area contributed by atoms with E-state index in [9.17, 15) is 20.2 Å². The van der Waals surface area contributed by atoms with Gasteiger partial charge in [-0.2, -0.15) is 0 Å².